The van der Waals surface area contributed by atoms with E-state index in [-0.39, 0.29) is 5.92 Å². The molecule has 2 aromatic carbocycles. The molecule has 0 unspecified atom stereocenters. The van der Waals surface area contributed by atoms with Crippen LogP contribution < -0.4 is 15.7 Å². The average Bonchev–Trinajstić information content (AvgIpc) is 2.82. The lowest BCUT2D eigenvalue weighted by Crippen LogP contribution is -2.49. The molecule has 1 heterocycles. The molecule has 0 bridgehead atoms. The molecule has 1 amide bonds. The number of hydrogen-bond donors (Lipinski definition) is 2. The van der Waals surface area contributed by atoms with Crippen LogP contribution in [-0.2, 0) is 16.0 Å². The number of carbonyl (C=O) groups excluding carboxylic acids is 1. The third kappa shape index (κ3) is 5.30. The number of nitrogens with one attached hydrogen (secondary N) is 1. The van der Waals surface area contributed by atoms with Crippen molar-refractivity contribution in [1.82, 2.24) is 5.32 Å². The minimum Gasteiger partial charge on any atom is -0.480 e. The van der Waals surface area contributed by atoms with E-state index in [9.17, 15) is 19.5 Å². The Labute approximate surface area is 198 Å². The maximum absolute atomic E-state index is 12.8. The van der Waals surface area contributed by atoms with Crippen LogP contribution in [0.1, 0.15) is 49.4 Å². The second-order valence-corrected chi connectivity index (χ2v) is 8.69. The van der Waals surface area contributed by atoms with Crippen molar-refractivity contribution in [3.05, 3.63) is 75.1 Å². The first kappa shape index (κ1) is 25.0. The number of aliphatic carboxylic acids is 1. The van der Waals surface area contributed by atoms with Crippen LogP contribution in [0.15, 0.2) is 51.7 Å². The number of ether oxygens (including phenoxy) is 1. The molecule has 3 rings (SSSR count). The van der Waals surface area contributed by atoms with Crippen LogP contribution in [-0.4, -0.2) is 29.1 Å². The molecule has 34 heavy (non-hydrogen) atoms. The first-order chi connectivity index (χ1) is 16.1. The molecule has 2 N–H and O–H groups in total. The van der Waals surface area contributed by atoms with E-state index in [4.69, 9.17) is 9.15 Å². The molecule has 7 heteroatoms. The predicted octanol–water partition coefficient (Wildman–Crippen LogP) is 4.38. The summed E-state index contributed by atoms with van der Waals surface area (Å²) in [6.07, 6.45) is 0.147. The summed E-state index contributed by atoms with van der Waals surface area (Å²) in [7, 11) is 0. The third-order valence-electron chi connectivity index (χ3n) is 6.33. The zero-order valence-corrected chi connectivity index (χ0v) is 20.2. The lowest BCUT2D eigenvalue weighted by atomic mass is 9.98. The van der Waals surface area contributed by atoms with Gasteiger partial charge in [-0.05, 0) is 49.9 Å². The van der Waals surface area contributed by atoms with Crippen molar-refractivity contribution in [2.24, 2.45) is 5.92 Å². The van der Waals surface area contributed by atoms with Gasteiger partial charge in [0.1, 0.15) is 17.4 Å². The van der Waals surface area contributed by atoms with Crippen LogP contribution in [0.2, 0.25) is 0 Å². The van der Waals surface area contributed by atoms with Gasteiger partial charge in [0, 0.05) is 22.9 Å². The van der Waals surface area contributed by atoms with E-state index in [1.54, 1.807) is 26.8 Å². The number of amides is 1. The van der Waals surface area contributed by atoms with Crippen molar-refractivity contribution in [3.63, 3.8) is 0 Å². The molecule has 7 nitrogen and oxygen atoms in total. The van der Waals surface area contributed by atoms with Crippen molar-refractivity contribution in [2.45, 2.75) is 59.6 Å². The van der Waals surface area contributed by atoms with Gasteiger partial charge >= 0.3 is 11.6 Å². The van der Waals surface area contributed by atoms with Gasteiger partial charge < -0.3 is 19.6 Å². The zero-order chi connectivity index (χ0) is 25.0. The predicted molar refractivity (Wildman–Crippen MR) is 130 cm³/mol. The Morgan fingerprint density at radius 1 is 1.06 bits per heavy atom. The van der Waals surface area contributed by atoms with E-state index in [0.717, 1.165) is 16.5 Å². The fourth-order valence-corrected chi connectivity index (χ4v) is 3.90. The second kappa shape index (κ2) is 10.5. The van der Waals surface area contributed by atoms with Gasteiger partial charge in [-0.1, -0.05) is 50.6 Å². The number of carboxylic acids is 1. The van der Waals surface area contributed by atoms with Crippen LogP contribution in [0, 0.1) is 19.8 Å². The topological polar surface area (TPSA) is 106 Å². The Balaban J connectivity index is 1.86. The van der Waals surface area contributed by atoms with Crippen molar-refractivity contribution in [2.75, 3.05) is 0 Å². The van der Waals surface area contributed by atoms with Crippen LogP contribution in [0.5, 0.6) is 5.75 Å². The summed E-state index contributed by atoms with van der Waals surface area (Å²) in [6.45, 7) is 8.86. The quantitative estimate of drug-likeness (QED) is 0.454. The maximum Gasteiger partial charge on any atom is 0.340 e. The molecule has 0 saturated heterocycles. The van der Waals surface area contributed by atoms with Crippen molar-refractivity contribution in [3.8, 4) is 5.75 Å². The molecule has 0 saturated carbocycles. The fourth-order valence-electron chi connectivity index (χ4n) is 3.90. The highest BCUT2D eigenvalue weighted by Crippen LogP contribution is 2.30. The summed E-state index contributed by atoms with van der Waals surface area (Å²) in [5.74, 6) is -1.44. The van der Waals surface area contributed by atoms with E-state index in [1.807, 2.05) is 50.2 Å². The molecule has 3 atom stereocenters. The number of aryl methyl sites for hydroxylation is 2. The van der Waals surface area contributed by atoms with Gasteiger partial charge in [-0.15, -0.1) is 0 Å². The first-order valence-electron chi connectivity index (χ1n) is 11.4. The molecular formula is C27H31NO6. The Morgan fingerprint density at radius 3 is 2.35 bits per heavy atom. The molecule has 0 aliphatic carbocycles. The van der Waals surface area contributed by atoms with Gasteiger partial charge in [-0.2, -0.15) is 0 Å². The summed E-state index contributed by atoms with van der Waals surface area (Å²) < 4.78 is 11.5. The van der Waals surface area contributed by atoms with Gasteiger partial charge in [0.25, 0.3) is 5.91 Å². The fraction of sp³-hybridized carbons (Fsp3) is 0.370. The smallest absolute Gasteiger partial charge is 0.340 e. The van der Waals surface area contributed by atoms with Crippen LogP contribution in [0.25, 0.3) is 11.0 Å². The monoisotopic (exact) mass is 465 g/mol. The maximum atomic E-state index is 12.8. The molecule has 0 aliphatic rings. The lowest BCUT2D eigenvalue weighted by Gasteiger charge is -2.23. The summed E-state index contributed by atoms with van der Waals surface area (Å²) in [5.41, 5.74) is 3.06. The summed E-state index contributed by atoms with van der Waals surface area (Å²) in [6, 6.07) is 12.3. The van der Waals surface area contributed by atoms with E-state index >= 15 is 0 Å². The van der Waals surface area contributed by atoms with E-state index < -0.39 is 29.6 Å². The van der Waals surface area contributed by atoms with E-state index in [0.29, 0.717) is 35.3 Å². The van der Waals surface area contributed by atoms with E-state index in [1.165, 1.54) is 0 Å². The van der Waals surface area contributed by atoms with Crippen molar-refractivity contribution in [1.29, 1.82) is 0 Å². The van der Waals surface area contributed by atoms with Crippen molar-refractivity contribution < 1.29 is 23.8 Å². The molecular weight excluding hydrogens is 434 g/mol. The average molecular weight is 466 g/mol. The number of hydrogen-bond acceptors (Lipinski definition) is 5. The van der Waals surface area contributed by atoms with Crippen molar-refractivity contribution >= 4 is 22.8 Å². The molecule has 0 fully saturated rings. The SMILES string of the molecule is CC[C@@H](C)[C@@H](NC(=O)[C@@H](C)Oc1ccc2c(C)c(Cc3ccccc3)c(=O)oc2c1C)C(=O)O. The number of carbonyl (C=O) groups is 2. The number of fused-ring (bicyclic) bond motifs is 1. The van der Waals surface area contributed by atoms with Gasteiger partial charge in [-0.25, -0.2) is 9.59 Å². The van der Waals surface area contributed by atoms with E-state index in [2.05, 4.69) is 5.32 Å². The van der Waals surface area contributed by atoms with Gasteiger partial charge in [0.15, 0.2) is 6.10 Å². The molecule has 180 valence electrons. The number of benzene rings is 2. The zero-order valence-electron chi connectivity index (χ0n) is 20.2. The Bertz CT molecular complexity index is 1250. The summed E-state index contributed by atoms with van der Waals surface area (Å²) >= 11 is 0. The van der Waals surface area contributed by atoms with Crippen LogP contribution in [0.3, 0.4) is 0 Å². The van der Waals surface area contributed by atoms with Gasteiger partial charge in [0.2, 0.25) is 0 Å². The van der Waals surface area contributed by atoms with Crippen LogP contribution >= 0.6 is 0 Å². The minimum atomic E-state index is -1.08. The highest BCUT2D eigenvalue weighted by Gasteiger charge is 2.28. The summed E-state index contributed by atoms with van der Waals surface area (Å²) in [4.78, 5) is 36.9. The third-order valence-corrected chi connectivity index (χ3v) is 6.33. The largest absolute Gasteiger partial charge is 0.480 e. The minimum absolute atomic E-state index is 0.224. The highest BCUT2D eigenvalue weighted by atomic mass is 16.5. The molecule has 3 aromatic rings. The number of carboxylic acid groups (broad SMARTS) is 1. The second-order valence-electron chi connectivity index (χ2n) is 8.69. The summed E-state index contributed by atoms with van der Waals surface area (Å²) in [5, 5.41) is 12.8. The molecule has 0 spiro atoms. The van der Waals surface area contributed by atoms with Crippen LogP contribution in [0.4, 0.5) is 0 Å². The van der Waals surface area contributed by atoms with Gasteiger partial charge in [-0.3, -0.25) is 4.79 Å². The Hall–Kier alpha value is -3.61. The highest BCUT2D eigenvalue weighted by molar-refractivity contribution is 5.88. The lowest BCUT2D eigenvalue weighted by molar-refractivity contribution is -0.144. The molecule has 1 aromatic heterocycles. The first-order valence-corrected chi connectivity index (χ1v) is 11.4. The normalized spacial score (nSPS) is 13.8. The Kier molecular flexibility index (Phi) is 7.76. The standard InChI is InChI=1S/C27H31NO6/c1-6-15(2)23(26(30)31)28-25(29)18(5)33-22-13-12-20-16(3)21(14-19-10-8-7-9-11-19)27(32)34-24(20)17(22)4/h7-13,15,18,23H,6,14H2,1-5H3,(H,28,29)(H,30,31)/t15-,18-,23-/m1/s1. The van der Waals surface area contributed by atoms with Gasteiger partial charge in [0.05, 0.1) is 0 Å². The molecule has 0 aliphatic heterocycles. The Morgan fingerprint density at radius 2 is 1.74 bits per heavy atom. The molecule has 0 radical (unpaired) electrons. The number of rotatable bonds is 9.